The van der Waals surface area contributed by atoms with Gasteiger partial charge in [-0.15, -0.1) is 0 Å². The van der Waals surface area contributed by atoms with Crippen LogP contribution in [-0.2, 0) is 11.3 Å². The lowest BCUT2D eigenvalue weighted by atomic mass is 10.2. The normalized spacial score (nSPS) is 11.7. The van der Waals surface area contributed by atoms with Gasteiger partial charge in [0.05, 0.1) is 26.0 Å². The number of amides is 1. The molecule has 1 N–H and O–H groups in total. The number of carbonyl (C=O) groups excluding carboxylic acids is 1. The topological polar surface area (TPSA) is 108 Å². The van der Waals surface area contributed by atoms with Crippen LogP contribution < -0.4 is 20.3 Å². The third kappa shape index (κ3) is 5.60. The number of benzene rings is 2. The van der Waals surface area contributed by atoms with E-state index in [0.717, 1.165) is 11.3 Å². The summed E-state index contributed by atoms with van der Waals surface area (Å²) in [6.45, 7) is 2.17. The van der Waals surface area contributed by atoms with Gasteiger partial charge in [-0.1, -0.05) is 36.9 Å². The van der Waals surface area contributed by atoms with E-state index >= 15 is 0 Å². The highest BCUT2D eigenvalue weighted by atomic mass is 32.2. The minimum atomic E-state index is -0.496. The molecule has 0 aliphatic rings. The number of ether oxygens (including phenoxy) is 2. The van der Waals surface area contributed by atoms with E-state index in [1.165, 1.54) is 28.7 Å². The predicted octanol–water partition coefficient (Wildman–Crippen LogP) is 3.76. The summed E-state index contributed by atoms with van der Waals surface area (Å²) in [6, 6.07) is 14.6. The molecule has 0 aliphatic heterocycles. The molecular weight excluding hydrogens is 466 g/mol. The van der Waals surface area contributed by atoms with Crippen molar-refractivity contribution in [2.45, 2.75) is 30.3 Å². The number of fused-ring (bicyclic) bond motifs is 1. The molecule has 2 heterocycles. The Morgan fingerprint density at radius 2 is 1.80 bits per heavy atom. The molecule has 9 nitrogen and oxygen atoms in total. The van der Waals surface area contributed by atoms with Crippen LogP contribution in [-0.4, -0.2) is 44.9 Å². The maximum absolute atomic E-state index is 13.3. The molecule has 0 saturated carbocycles. The second kappa shape index (κ2) is 11.0. The van der Waals surface area contributed by atoms with Crippen LogP contribution in [0.3, 0.4) is 0 Å². The Kier molecular flexibility index (Phi) is 7.61. The van der Waals surface area contributed by atoms with Crippen molar-refractivity contribution >= 4 is 34.5 Å². The lowest BCUT2D eigenvalue weighted by molar-refractivity contribution is -0.115. The van der Waals surface area contributed by atoms with Crippen LogP contribution in [0.1, 0.15) is 18.9 Å². The van der Waals surface area contributed by atoms with Gasteiger partial charge in [0, 0.05) is 24.1 Å². The summed E-state index contributed by atoms with van der Waals surface area (Å²) >= 11 is 1.22. The minimum absolute atomic E-state index is 0.180. The first-order valence-corrected chi connectivity index (χ1v) is 11.9. The molecule has 10 heteroatoms. The van der Waals surface area contributed by atoms with Crippen molar-refractivity contribution in [3.63, 3.8) is 0 Å². The first kappa shape index (κ1) is 24.2. The molecule has 4 aromatic rings. The number of anilines is 1. The first-order valence-electron chi connectivity index (χ1n) is 11.0. The summed E-state index contributed by atoms with van der Waals surface area (Å²) in [5.74, 6) is 1.17. The zero-order valence-electron chi connectivity index (χ0n) is 19.6. The molecule has 0 saturated heterocycles. The van der Waals surface area contributed by atoms with Crippen molar-refractivity contribution < 1.29 is 14.3 Å². The van der Waals surface area contributed by atoms with Crippen LogP contribution in [0.5, 0.6) is 11.5 Å². The Balaban J connectivity index is 1.66. The van der Waals surface area contributed by atoms with Crippen LogP contribution >= 0.6 is 11.8 Å². The molecule has 0 fully saturated rings. The summed E-state index contributed by atoms with van der Waals surface area (Å²) in [7, 11) is 3.17. The molecule has 0 aliphatic carbocycles. The summed E-state index contributed by atoms with van der Waals surface area (Å²) in [6.07, 6.45) is 3.48. The summed E-state index contributed by atoms with van der Waals surface area (Å²) in [5.41, 5.74) is 1.62. The zero-order valence-corrected chi connectivity index (χ0v) is 20.4. The number of carbonyl (C=O) groups is 1. The Labute approximate surface area is 206 Å². The number of thioether (sulfide) groups is 1. The molecular formula is C25H25N5O4S. The number of aromatic nitrogens is 4. The number of nitrogens with one attached hydrogen (secondary N) is 1. The molecule has 0 spiro atoms. The highest BCUT2D eigenvalue weighted by Crippen LogP contribution is 2.27. The maximum Gasteiger partial charge on any atom is 0.282 e. The molecule has 0 radical (unpaired) electrons. The largest absolute Gasteiger partial charge is 0.497 e. The van der Waals surface area contributed by atoms with Gasteiger partial charge >= 0.3 is 0 Å². The fourth-order valence-corrected chi connectivity index (χ4v) is 4.45. The van der Waals surface area contributed by atoms with E-state index in [1.807, 2.05) is 31.2 Å². The fourth-order valence-electron chi connectivity index (χ4n) is 3.45. The average Bonchev–Trinajstić information content (AvgIpc) is 2.89. The number of hydrogen-bond acceptors (Lipinski definition) is 8. The van der Waals surface area contributed by atoms with Crippen molar-refractivity contribution in [1.29, 1.82) is 0 Å². The minimum Gasteiger partial charge on any atom is -0.497 e. The number of nitrogens with zero attached hydrogens (tertiary/aromatic N) is 4. The standard InChI is InChI=1S/C25H25N5O4S/c1-4-20(23(31)28-17-6-5-7-19(14-17)34-3)35-25-29-22-21(26-12-13-27-22)24(32)30(25)15-16-8-10-18(33-2)11-9-16/h5-14,20H,4,15H2,1-3H3,(H,28,31)/t20-/m0/s1. The molecule has 4 rings (SSSR count). The SMILES string of the molecule is CC[C@H](Sc1nc2nccnc2c(=O)n1Cc1ccc(OC)cc1)C(=O)Nc1cccc(OC)c1. The Hall–Kier alpha value is -3.92. The van der Waals surface area contributed by atoms with Crippen molar-refractivity contribution in [2.24, 2.45) is 0 Å². The molecule has 180 valence electrons. The Morgan fingerprint density at radius 1 is 1.06 bits per heavy atom. The quantitative estimate of drug-likeness (QED) is 0.279. The van der Waals surface area contributed by atoms with Crippen molar-refractivity contribution in [3.8, 4) is 11.5 Å². The van der Waals surface area contributed by atoms with Crippen LogP contribution in [0, 0.1) is 0 Å². The first-order chi connectivity index (χ1) is 17.0. The van der Waals surface area contributed by atoms with E-state index in [0.29, 0.717) is 23.0 Å². The Bertz CT molecular complexity index is 1390. The lowest BCUT2D eigenvalue weighted by Crippen LogP contribution is -2.29. The van der Waals surface area contributed by atoms with Gasteiger partial charge in [-0.3, -0.25) is 14.2 Å². The monoisotopic (exact) mass is 491 g/mol. The molecule has 2 aromatic carbocycles. The predicted molar refractivity (Wildman–Crippen MR) is 135 cm³/mol. The van der Waals surface area contributed by atoms with Crippen LogP contribution in [0.2, 0.25) is 0 Å². The van der Waals surface area contributed by atoms with Gasteiger partial charge in [-0.05, 0) is 36.2 Å². The Morgan fingerprint density at radius 3 is 2.51 bits per heavy atom. The van der Waals surface area contributed by atoms with Gasteiger partial charge in [-0.25, -0.2) is 15.0 Å². The van der Waals surface area contributed by atoms with Crippen molar-refractivity contribution in [3.05, 3.63) is 76.8 Å². The lowest BCUT2D eigenvalue weighted by Gasteiger charge is -2.18. The van der Waals surface area contributed by atoms with E-state index in [4.69, 9.17) is 9.47 Å². The van der Waals surface area contributed by atoms with Gasteiger partial charge in [0.15, 0.2) is 16.3 Å². The van der Waals surface area contributed by atoms with Gasteiger partial charge in [0.1, 0.15) is 11.5 Å². The van der Waals surface area contributed by atoms with Crippen LogP contribution in [0.4, 0.5) is 5.69 Å². The second-order valence-corrected chi connectivity index (χ2v) is 8.77. The van der Waals surface area contributed by atoms with E-state index < -0.39 is 5.25 Å². The van der Waals surface area contributed by atoms with Crippen molar-refractivity contribution in [2.75, 3.05) is 19.5 Å². The van der Waals surface area contributed by atoms with Gasteiger partial charge in [0.2, 0.25) is 5.91 Å². The number of rotatable bonds is 9. The summed E-state index contributed by atoms with van der Waals surface area (Å²) in [5, 5.41) is 2.82. The maximum atomic E-state index is 13.3. The highest BCUT2D eigenvalue weighted by Gasteiger charge is 2.23. The average molecular weight is 492 g/mol. The molecule has 1 amide bonds. The van der Waals surface area contributed by atoms with Gasteiger partial charge in [-0.2, -0.15) is 0 Å². The van der Waals surface area contributed by atoms with Crippen LogP contribution in [0.15, 0.2) is 70.9 Å². The van der Waals surface area contributed by atoms with Gasteiger partial charge < -0.3 is 14.8 Å². The third-order valence-electron chi connectivity index (χ3n) is 5.31. The van der Waals surface area contributed by atoms with E-state index in [2.05, 4.69) is 20.3 Å². The van der Waals surface area contributed by atoms with Crippen LogP contribution in [0.25, 0.3) is 11.2 Å². The number of hydrogen-bond donors (Lipinski definition) is 1. The van der Waals surface area contributed by atoms with E-state index in [9.17, 15) is 9.59 Å². The molecule has 2 aromatic heterocycles. The fraction of sp³-hybridized carbons (Fsp3) is 0.240. The molecule has 0 unspecified atom stereocenters. The number of methoxy groups -OCH3 is 2. The smallest absolute Gasteiger partial charge is 0.282 e. The summed E-state index contributed by atoms with van der Waals surface area (Å²) in [4.78, 5) is 39.4. The van der Waals surface area contributed by atoms with E-state index in [-0.39, 0.29) is 29.2 Å². The second-order valence-electron chi connectivity index (χ2n) is 7.60. The van der Waals surface area contributed by atoms with Crippen molar-refractivity contribution in [1.82, 2.24) is 19.5 Å². The zero-order chi connectivity index (χ0) is 24.8. The molecule has 1 atom stereocenters. The molecule has 35 heavy (non-hydrogen) atoms. The van der Waals surface area contributed by atoms with Gasteiger partial charge in [0.25, 0.3) is 5.56 Å². The van der Waals surface area contributed by atoms with E-state index in [1.54, 1.807) is 38.5 Å². The third-order valence-corrected chi connectivity index (χ3v) is 6.66. The molecule has 0 bridgehead atoms. The summed E-state index contributed by atoms with van der Waals surface area (Å²) < 4.78 is 12.0. The highest BCUT2D eigenvalue weighted by molar-refractivity contribution is 8.00.